The Morgan fingerprint density at radius 2 is 2.39 bits per heavy atom. The van der Waals surface area contributed by atoms with Crippen molar-refractivity contribution >= 4 is 17.2 Å². The molecule has 0 unspecified atom stereocenters. The first-order valence-corrected chi connectivity index (χ1v) is 6.83. The second-order valence-electron chi connectivity index (χ2n) is 4.46. The summed E-state index contributed by atoms with van der Waals surface area (Å²) in [6.45, 7) is 6.22. The summed E-state index contributed by atoms with van der Waals surface area (Å²) < 4.78 is 5.21. The van der Waals surface area contributed by atoms with Gasteiger partial charge in [0.1, 0.15) is 11.1 Å². The van der Waals surface area contributed by atoms with Crippen LogP contribution >= 0.6 is 11.3 Å². The number of nitrogens with one attached hydrogen (secondary N) is 1. The highest BCUT2D eigenvalue weighted by Gasteiger charge is 2.28. The molecule has 5 nitrogen and oxygen atoms in total. The van der Waals surface area contributed by atoms with E-state index in [0.29, 0.717) is 13.0 Å². The monoisotopic (exact) mass is 271 g/mol. The molecule has 0 aliphatic rings. The molecule has 3 N–H and O–H groups in total. The summed E-state index contributed by atoms with van der Waals surface area (Å²) in [5.74, 6) is -0.342. The predicted molar refractivity (Wildman–Crippen MR) is 72.3 cm³/mol. The molecule has 0 aromatic carbocycles. The van der Waals surface area contributed by atoms with Gasteiger partial charge in [-0.25, -0.2) is 4.98 Å². The van der Waals surface area contributed by atoms with E-state index < -0.39 is 5.54 Å². The van der Waals surface area contributed by atoms with Crippen molar-refractivity contribution in [3.8, 4) is 0 Å². The number of thiazole rings is 1. The van der Waals surface area contributed by atoms with E-state index in [9.17, 15) is 4.79 Å². The summed E-state index contributed by atoms with van der Waals surface area (Å²) in [4.78, 5) is 15.8. The fourth-order valence-corrected chi connectivity index (χ4v) is 2.21. The summed E-state index contributed by atoms with van der Waals surface area (Å²) in [6, 6.07) is 0. The normalized spacial score (nSPS) is 16.2. The van der Waals surface area contributed by atoms with Gasteiger partial charge in [0.2, 0.25) is 5.91 Å². The van der Waals surface area contributed by atoms with Gasteiger partial charge >= 0.3 is 0 Å². The second-order valence-corrected chi connectivity index (χ2v) is 5.35. The van der Waals surface area contributed by atoms with Crippen LogP contribution < -0.4 is 11.1 Å². The van der Waals surface area contributed by atoms with Gasteiger partial charge in [0.15, 0.2) is 0 Å². The minimum absolute atomic E-state index is 0.00236. The lowest BCUT2D eigenvalue weighted by Crippen LogP contribution is -2.52. The molecule has 1 aromatic heterocycles. The minimum atomic E-state index is -0.684. The van der Waals surface area contributed by atoms with Crippen LogP contribution in [0, 0.1) is 0 Å². The number of carbonyl (C=O) groups is 1. The van der Waals surface area contributed by atoms with Crippen LogP contribution in [-0.4, -0.2) is 23.5 Å². The van der Waals surface area contributed by atoms with Gasteiger partial charge in [-0.3, -0.25) is 10.1 Å². The van der Waals surface area contributed by atoms with Crippen molar-refractivity contribution in [2.75, 3.05) is 7.11 Å². The molecule has 0 fully saturated rings. The largest absolute Gasteiger partial charge is 0.375 e. The number of nitrogens with zero attached hydrogens (tertiary/aromatic N) is 1. The Bertz CT molecular complexity index is 408. The number of rotatable bonds is 7. The zero-order valence-electron chi connectivity index (χ0n) is 11.3. The highest BCUT2D eigenvalue weighted by Crippen LogP contribution is 2.20. The summed E-state index contributed by atoms with van der Waals surface area (Å²) >= 11 is 1.56. The molecular formula is C12H21N3O2S. The Labute approximate surface area is 112 Å². The molecule has 1 aromatic rings. The average molecular weight is 271 g/mol. The maximum Gasteiger partial charge on any atom is 0.237 e. The van der Waals surface area contributed by atoms with E-state index in [1.54, 1.807) is 25.4 Å². The Balaban J connectivity index is 2.63. The summed E-state index contributed by atoms with van der Waals surface area (Å²) in [5.41, 5.74) is 5.60. The van der Waals surface area contributed by atoms with Crippen LogP contribution in [0.25, 0.3) is 0 Å². The lowest BCUT2D eigenvalue weighted by atomic mass is 9.98. The first-order valence-electron chi connectivity index (χ1n) is 5.95. The molecule has 6 heteroatoms. The fourth-order valence-electron chi connectivity index (χ4n) is 1.36. The van der Waals surface area contributed by atoms with Crippen LogP contribution in [0.4, 0.5) is 0 Å². The standard InChI is InChI=1S/C12H21N3O2S/c1-5-12(3,11(13)16)14-6-9-7-18-10(15-9)8(2)17-4/h7-8,14H,5-6H2,1-4H3,(H2,13,16)/t8-,12-/m1/s1. The molecule has 0 bridgehead atoms. The third-order valence-corrected chi connectivity index (χ3v) is 4.24. The van der Waals surface area contributed by atoms with E-state index >= 15 is 0 Å². The Hall–Kier alpha value is -0.980. The van der Waals surface area contributed by atoms with Gasteiger partial charge in [0, 0.05) is 19.0 Å². The maximum absolute atomic E-state index is 11.4. The Kier molecular flexibility index (Phi) is 5.25. The van der Waals surface area contributed by atoms with Crippen molar-refractivity contribution in [1.82, 2.24) is 10.3 Å². The van der Waals surface area contributed by atoms with Crippen LogP contribution in [0.3, 0.4) is 0 Å². The van der Waals surface area contributed by atoms with Crippen LogP contribution in [0.1, 0.15) is 44.0 Å². The van der Waals surface area contributed by atoms with E-state index in [0.717, 1.165) is 10.7 Å². The lowest BCUT2D eigenvalue weighted by molar-refractivity contribution is -0.124. The van der Waals surface area contributed by atoms with Gasteiger partial charge in [-0.05, 0) is 20.3 Å². The van der Waals surface area contributed by atoms with Crippen LogP contribution in [-0.2, 0) is 16.1 Å². The smallest absolute Gasteiger partial charge is 0.237 e. The van der Waals surface area contributed by atoms with Crippen LogP contribution in [0.5, 0.6) is 0 Å². The summed E-state index contributed by atoms with van der Waals surface area (Å²) in [7, 11) is 1.66. The quantitative estimate of drug-likeness (QED) is 0.789. The number of amides is 1. The van der Waals surface area contributed by atoms with Crippen molar-refractivity contribution in [2.24, 2.45) is 5.73 Å². The number of hydrogen-bond donors (Lipinski definition) is 2. The zero-order chi connectivity index (χ0) is 13.8. The number of aromatic nitrogens is 1. The lowest BCUT2D eigenvalue weighted by Gasteiger charge is -2.25. The molecule has 18 heavy (non-hydrogen) atoms. The highest BCUT2D eigenvalue weighted by atomic mass is 32.1. The van der Waals surface area contributed by atoms with E-state index in [1.165, 1.54) is 0 Å². The first kappa shape index (κ1) is 15.1. The number of hydrogen-bond acceptors (Lipinski definition) is 5. The van der Waals surface area contributed by atoms with Gasteiger partial charge < -0.3 is 10.5 Å². The van der Waals surface area contributed by atoms with Crippen molar-refractivity contribution in [3.63, 3.8) is 0 Å². The molecule has 0 aliphatic carbocycles. The number of nitrogens with two attached hydrogens (primary N) is 1. The van der Waals surface area contributed by atoms with Crippen LogP contribution in [0.2, 0.25) is 0 Å². The van der Waals surface area contributed by atoms with E-state index in [2.05, 4.69) is 10.3 Å². The van der Waals surface area contributed by atoms with Crippen molar-refractivity contribution in [3.05, 3.63) is 16.1 Å². The fraction of sp³-hybridized carbons (Fsp3) is 0.667. The summed E-state index contributed by atoms with van der Waals surface area (Å²) in [6.07, 6.45) is 0.644. The predicted octanol–water partition coefficient (Wildman–Crippen LogP) is 1.59. The van der Waals surface area contributed by atoms with E-state index in [-0.39, 0.29) is 12.0 Å². The van der Waals surface area contributed by atoms with Crippen LogP contribution in [0.15, 0.2) is 5.38 Å². The third-order valence-electron chi connectivity index (χ3n) is 3.18. The molecule has 0 saturated heterocycles. The number of ether oxygens (including phenoxy) is 1. The van der Waals surface area contributed by atoms with Gasteiger partial charge in [-0.15, -0.1) is 11.3 Å². The molecule has 1 amide bonds. The second kappa shape index (κ2) is 6.26. The van der Waals surface area contributed by atoms with E-state index in [4.69, 9.17) is 10.5 Å². The van der Waals surface area contributed by atoms with Crippen molar-refractivity contribution < 1.29 is 9.53 Å². The van der Waals surface area contributed by atoms with Gasteiger partial charge in [0.05, 0.1) is 11.2 Å². The molecular weight excluding hydrogens is 250 g/mol. The number of primary amides is 1. The molecule has 0 radical (unpaired) electrons. The highest BCUT2D eigenvalue weighted by molar-refractivity contribution is 7.09. The molecule has 2 atom stereocenters. The van der Waals surface area contributed by atoms with Crippen molar-refractivity contribution in [2.45, 2.75) is 45.4 Å². The molecule has 1 rings (SSSR count). The van der Waals surface area contributed by atoms with Gasteiger partial charge in [-0.1, -0.05) is 6.92 Å². The topological polar surface area (TPSA) is 77.2 Å². The average Bonchev–Trinajstić information content (AvgIpc) is 2.83. The first-order chi connectivity index (χ1) is 8.42. The molecule has 0 saturated carbocycles. The molecule has 0 aliphatic heterocycles. The SMILES string of the molecule is CC[C@@](C)(NCc1csc([C@@H](C)OC)n1)C(N)=O. The zero-order valence-corrected chi connectivity index (χ0v) is 12.1. The van der Waals surface area contributed by atoms with Gasteiger partial charge in [-0.2, -0.15) is 0 Å². The molecule has 0 spiro atoms. The molecule has 102 valence electrons. The molecule has 1 heterocycles. The minimum Gasteiger partial charge on any atom is -0.375 e. The summed E-state index contributed by atoms with van der Waals surface area (Å²) in [5, 5.41) is 6.06. The number of methoxy groups -OCH3 is 1. The maximum atomic E-state index is 11.4. The number of carbonyl (C=O) groups excluding carboxylic acids is 1. The third kappa shape index (κ3) is 3.51. The van der Waals surface area contributed by atoms with Crippen molar-refractivity contribution in [1.29, 1.82) is 0 Å². The van der Waals surface area contributed by atoms with Gasteiger partial charge in [0.25, 0.3) is 0 Å². The Morgan fingerprint density at radius 1 is 1.72 bits per heavy atom. The Morgan fingerprint density at radius 3 is 2.89 bits per heavy atom. The van der Waals surface area contributed by atoms with E-state index in [1.807, 2.05) is 19.2 Å².